The summed E-state index contributed by atoms with van der Waals surface area (Å²) in [5.41, 5.74) is 2.58. The van der Waals surface area contributed by atoms with E-state index in [1.165, 1.54) is 0 Å². The first-order valence-electron chi connectivity index (χ1n) is 6.36. The summed E-state index contributed by atoms with van der Waals surface area (Å²) in [6.45, 7) is 1.95. The van der Waals surface area contributed by atoms with Crippen molar-refractivity contribution in [3.63, 3.8) is 0 Å². The van der Waals surface area contributed by atoms with Crippen LogP contribution >= 0.6 is 23.2 Å². The van der Waals surface area contributed by atoms with Crippen LogP contribution in [0.4, 0.5) is 0 Å². The molecule has 1 aromatic heterocycles. The lowest BCUT2D eigenvalue weighted by Crippen LogP contribution is -1.93. The molecular weight excluding hydrogens is 307 g/mol. The Morgan fingerprint density at radius 1 is 1.00 bits per heavy atom. The standard InChI is InChI=1S/C16H12Cl2N2O/c1-9-3-4-10(7-13(9)17)16-19-14-8-11(21-2)5-6-12(14)15(18)20-16/h3-8H,1-2H3. The van der Waals surface area contributed by atoms with Gasteiger partial charge in [0.25, 0.3) is 0 Å². The summed E-state index contributed by atoms with van der Waals surface area (Å²) < 4.78 is 5.22. The number of hydrogen-bond acceptors (Lipinski definition) is 3. The van der Waals surface area contributed by atoms with Crippen LogP contribution in [0.5, 0.6) is 5.75 Å². The van der Waals surface area contributed by atoms with E-state index in [9.17, 15) is 0 Å². The highest BCUT2D eigenvalue weighted by Gasteiger charge is 2.10. The number of hydrogen-bond donors (Lipinski definition) is 0. The van der Waals surface area contributed by atoms with Crippen LogP contribution in [0.2, 0.25) is 10.2 Å². The number of halogens is 2. The molecule has 0 aliphatic rings. The molecule has 0 N–H and O–H groups in total. The number of rotatable bonds is 2. The van der Waals surface area contributed by atoms with Gasteiger partial charge in [-0.1, -0.05) is 35.3 Å². The fourth-order valence-electron chi connectivity index (χ4n) is 2.06. The van der Waals surface area contributed by atoms with Gasteiger partial charge in [-0.3, -0.25) is 0 Å². The third kappa shape index (κ3) is 2.67. The first-order chi connectivity index (χ1) is 10.1. The van der Waals surface area contributed by atoms with Crippen molar-refractivity contribution >= 4 is 34.1 Å². The van der Waals surface area contributed by atoms with Gasteiger partial charge in [-0.05, 0) is 30.7 Å². The average molecular weight is 319 g/mol. The average Bonchev–Trinajstić information content (AvgIpc) is 2.49. The zero-order valence-electron chi connectivity index (χ0n) is 11.5. The van der Waals surface area contributed by atoms with Gasteiger partial charge in [-0.25, -0.2) is 9.97 Å². The van der Waals surface area contributed by atoms with Crippen molar-refractivity contribution in [1.82, 2.24) is 9.97 Å². The molecule has 0 aliphatic heterocycles. The molecule has 0 aliphatic carbocycles. The van der Waals surface area contributed by atoms with Crippen molar-refractivity contribution in [2.75, 3.05) is 7.11 Å². The van der Waals surface area contributed by atoms with Gasteiger partial charge in [0.1, 0.15) is 10.9 Å². The molecule has 3 rings (SSSR count). The summed E-state index contributed by atoms with van der Waals surface area (Å²) in [5.74, 6) is 1.27. The zero-order valence-corrected chi connectivity index (χ0v) is 13.0. The zero-order chi connectivity index (χ0) is 15.0. The molecule has 0 saturated carbocycles. The van der Waals surface area contributed by atoms with Crippen LogP contribution in [0.25, 0.3) is 22.3 Å². The largest absolute Gasteiger partial charge is 0.497 e. The van der Waals surface area contributed by atoms with E-state index in [0.717, 1.165) is 27.8 Å². The molecule has 21 heavy (non-hydrogen) atoms. The van der Waals surface area contributed by atoms with Crippen LogP contribution in [-0.4, -0.2) is 17.1 Å². The Morgan fingerprint density at radius 3 is 2.52 bits per heavy atom. The lowest BCUT2D eigenvalue weighted by molar-refractivity contribution is 0.415. The van der Waals surface area contributed by atoms with E-state index in [1.807, 2.05) is 43.3 Å². The smallest absolute Gasteiger partial charge is 0.161 e. The van der Waals surface area contributed by atoms with Gasteiger partial charge in [-0.15, -0.1) is 0 Å². The molecule has 1 heterocycles. The molecule has 0 bridgehead atoms. The topological polar surface area (TPSA) is 35.0 Å². The Balaban J connectivity index is 2.20. The van der Waals surface area contributed by atoms with Gasteiger partial charge in [0.2, 0.25) is 0 Å². The first-order valence-corrected chi connectivity index (χ1v) is 7.12. The summed E-state index contributed by atoms with van der Waals surface area (Å²) in [6, 6.07) is 11.2. The second-order valence-electron chi connectivity index (χ2n) is 4.69. The van der Waals surface area contributed by atoms with E-state index in [-0.39, 0.29) is 0 Å². The van der Waals surface area contributed by atoms with E-state index in [1.54, 1.807) is 7.11 Å². The molecule has 0 saturated heterocycles. The fourth-order valence-corrected chi connectivity index (χ4v) is 2.48. The number of methoxy groups -OCH3 is 1. The minimum absolute atomic E-state index is 0.411. The Bertz CT molecular complexity index is 834. The Morgan fingerprint density at radius 2 is 1.81 bits per heavy atom. The predicted octanol–water partition coefficient (Wildman–Crippen LogP) is 4.92. The molecule has 3 nitrogen and oxygen atoms in total. The van der Waals surface area contributed by atoms with Crippen LogP contribution in [0, 0.1) is 6.92 Å². The van der Waals surface area contributed by atoms with Crippen molar-refractivity contribution in [1.29, 1.82) is 0 Å². The minimum atomic E-state index is 0.411. The van der Waals surface area contributed by atoms with Crippen LogP contribution in [-0.2, 0) is 0 Å². The maximum Gasteiger partial charge on any atom is 0.161 e. The van der Waals surface area contributed by atoms with Gasteiger partial charge >= 0.3 is 0 Å². The van der Waals surface area contributed by atoms with E-state index >= 15 is 0 Å². The normalized spacial score (nSPS) is 10.9. The molecule has 0 unspecified atom stereocenters. The second kappa shape index (κ2) is 5.51. The van der Waals surface area contributed by atoms with Crippen LogP contribution < -0.4 is 4.74 Å². The van der Waals surface area contributed by atoms with Crippen molar-refractivity contribution in [2.24, 2.45) is 0 Å². The number of aromatic nitrogens is 2. The molecule has 0 spiro atoms. The SMILES string of the molecule is COc1ccc2c(Cl)nc(-c3ccc(C)c(Cl)c3)nc2c1. The first kappa shape index (κ1) is 14.1. The van der Waals surface area contributed by atoms with Gasteiger partial charge in [-0.2, -0.15) is 0 Å². The number of fused-ring (bicyclic) bond motifs is 1. The highest BCUT2D eigenvalue weighted by molar-refractivity contribution is 6.34. The van der Waals surface area contributed by atoms with Crippen molar-refractivity contribution in [3.8, 4) is 17.1 Å². The minimum Gasteiger partial charge on any atom is -0.497 e. The number of benzene rings is 2. The van der Waals surface area contributed by atoms with E-state index in [4.69, 9.17) is 27.9 Å². The Kier molecular flexibility index (Phi) is 3.70. The maximum absolute atomic E-state index is 6.25. The lowest BCUT2D eigenvalue weighted by atomic mass is 10.1. The summed E-state index contributed by atoms with van der Waals surface area (Å²) in [5, 5.41) is 1.88. The molecule has 0 fully saturated rings. The number of ether oxygens (including phenoxy) is 1. The van der Waals surface area contributed by atoms with E-state index in [0.29, 0.717) is 16.0 Å². The molecular formula is C16H12Cl2N2O. The highest BCUT2D eigenvalue weighted by atomic mass is 35.5. The van der Waals surface area contributed by atoms with Crippen LogP contribution in [0.3, 0.4) is 0 Å². The van der Waals surface area contributed by atoms with Gasteiger partial charge < -0.3 is 4.74 Å². The molecule has 0 amide bonds. The lowest BCUT2D eigenvalue weighted by Gasteiger charge is -2.07. The third-order valence-corrected chi connectivity index (χ3v) is 3.98. The number of aryl methyl sites for hydroxylation is 1. The Hall–Kier alpha value is -1.84. The quantitative estimate of drug-likeness (QED) is 0.629. The van der Waals surface area contributed by atoms with Crippen molar-refractivity contribution in [3.05, 3.63) is 52.1 Å². The van der Waals surface area contributed by atoms with Crippen molar-refractivity contribution < 1.29 is 4.74 Å². The van der Waals surface area contributed by atoms with Gasteiger partial charge in [0, 0.05) is 22.0 Å². The van der Waals surface area contributed by atoms with Gasteiger partial charge in [0.15, 0.2) is 5.82 Å². The Labute approximate surface area is 132 Å². The second-order valence-corrected chi connectivity index (χ2v) is 5.45. The summed E-state index contributed by atoms with van der Waals surface area (Å²) in [7, 11) is 1.62. The third-order valence-electron chi connectivity index (χ3n) is 3.29. The van der Waals surface area contributed by atoms with E-state index < -0.39 is 0 Å². The number of nitrogens with zero attached hydrogens (tertiary/aromatic N) is 2. The molecule has 5 heteroatoms. The molecule has 0 radical (unpaired) electrons. The summed E-state index contributed by atoms with van der Waals surface area (Å²) >= 11 is 12.4. The molecule has 106 valence electrons. The molecule has 2 aromatic carbocycles. The monoisotopic (exact) mass is 318 g/mol. The van der Waals surface area contributed by atoms with Gasteiger partial charge in [0.05, 0.1) is 12.6 Å². The molecule has 3 aromatic rings. The summed E-state index contributed by atoms with van der Waals surface area (Å²) in [4.78, 5) is 8.90. The summed E-state index contributed by atoms with van der Waals surface area (Å²) in [6.07, 6.45) is 0. The predicted molar refractivity (Wildman–Crippen MR) is 86.3 cm³/mol. The maximum atomic E-state index is 6.25. The highest BCUT2D eigenvalue weighted by Crippen LogP contribution is 2.29. The van der Waals surface area contributed by atoms with Crippen LogP contribution in [0.1, 0.15) is 5.56 Å². The fraction of sp³-hybridized carbons (Fsp3) is 0.125. The van der Waals surface area contributed by atoms with Crippen molar-refractivity contribution in [2.45, 2.75) is 6.92 Å². The van der Waals surface area contributed by atoms with E-state index in [2.05, 4.69) is 9.97 Å². The van der Waals surface area contributed by atoms with Crippen LogP contribution in [0.15, 0.2) is 36.4 Å². The molecule has 0 atom stereocenters.